The molecule has 1 aliphatic rings. The Kier molecular flexibility index (Phi) is 6.16. The lowest BCUT2D eigenvalue weighted by Gasteiger charge is -2.32. The Bertz CT molecular complexity index is 1180. The van der Waals surface area contributed by atoms with Crippen molar-refractivity contribution in [3.8, 4) is 0 Å². The maximum Gasteiger partial charge on any atom is 0.248 e. The third-order valence-electron chi connectivity index (χ3n) is 5.86. The molecule has 10 heteroatoms. The van der Waals surface area contributed by atoms with Crippen LogP contribution in [0.25, 0.3) is 0 Å². The van der Waals surface area contributed by atoms with Crippen molar-refractivity contribution < 1.29 is 17.7 Å². The van der Waals surface area contributed by atoms with Crippen LogP contribution in [0, 0.1) is 19.8 Å². The first-order valence-electron chi connectivity index (χ1n) is 10.5. The third-order valence-corrected chi connectivity index (χ3v) is 7.97. The molecule has 0 bridgehead atoms. The van der Waals surface area contributed by atoms with Crippen LogP contribution in [0.5, 0.6) is 0 Å². The van der Waals surface area contributed by atoms with Crippen LogP contribution in [0.15, 0.2) is 52.1 Å². The summed E-state index contributed by atoms with van der Waals surface area (Å²) in [6.07, 6.45) is 4.73. The lowest BCUT2D eigenvalue weighted by atomic mass is 9.97. The van der Waals surface area contributed by atoms with Crippen molar-refractivity contribution in [3.63, 3.8) is 0 Å². The molecule has 1 amide bonds. The summed E-state index contributed by atoms with van der Waals surface area (Å²) in [4.78, 5) is 17.8. The van der Waals surface area contributed by atoms with Gasteiger partial charge in [0.05, 0.1) is 5.92 Å². The van der Waals surface area contributed by atoms with Gasteiger partial charge in [-0.1, -0.05) is 35.5 Å². The number of carbonyl (C=O) groups excluding carboxylic acids is 1. The van der Waals surface area contributed by atoms with Crippen molar-refractivity contribution in [3.05, 3.63) is 65.6 Å². The van der Waals surface area contributed by atoms with Crippen molar-refractivity contribution in [2.45, 2.75) is 37.6 Å². The van der Waals surface area contributed by atoms with Crippen LogP contribution in [-0.2, 0) is 21.9 Å². The number of hydrogen-bond acceptors (Lipinski definition) is 6. The van der Waals surface area contributed by atoms with Crippen LogP contribution in [-0.4, -0.2) is 46.4 Å². The number of hydrogen-bond donors (Lipinski definition) is 1. The van der Waals surface area contributed by atoms with E-state index in [1.165, 1.54) is 4.31 Å². The van der Waals surface area contributed by atoms with Crippen LogP contribution in [0.2, 0.25) is 0 Å². The van der Waals surface area contributed by atoms with E-state index in [0.29, 0.717) is 30.9 Å². The molecule has 3 heterocycles. The van der Waals surface area contributed by atoms with Gasteiger partial charge in [-0.05, 0) is 32.3 Å². The van der Waals surface area contributed by atoms with Gasteiger partial charge < -0.3 is 14.4 Å². The molecular weight excluding hydrogens is 430 g/mol. The lowest BCUT2D eigenvalue weighted by molar-refractivity contribution is -0.126. The predicted octanol–water partition coefficient (Wildman–Crippen LogP) is 2.33. The van der Waals surface area contributed by atoms with Crippen molar-refractivity contribution in [2.75, 3.05) is 13.1 Å². The highest BCUT2D eigenvalue weighted by atomic mass is 32.2. The molecule has 32 heavy (non-hydrogen) atoms. The van der Waals surface area contributed by atoms with Crippen LogP contribution in [0.1, 0.15) is 41.7 Å². The summed E-state index contributed by atoms with van der Waals surface area (Å²) in [5.41, 5.74) is 1.24. The van der Waals surface area contributed by atoms with E-state index >= 15 is 0 Å². The molecular formula is C22H27N5O4S. The zero-order chi connectivity index (χ0) is 22.9. The number of imidazole rings is 1. The maximum atomic E-state index is 13.3. The Morgan fingerprint density at radius 3 is 2.62 bits per heavy atom. The number of aryl methyl sites for hydroxylation is 3. The molecule has 3 aromatic rings. The summed E-state index contributed by atoms with van der Waals surface area (Å²) in [7, 11) is -1.92. The van der Waals surface area contributed by atoms with Gasteiger partial charge in [0.1, 0.15) is 22.5 Å². The number of amides is 1. The molecule has 1 aromatic carbocycles. The van der Waals surface area contributed by atoms with Crippen molar-refractivity contribution in [1.82, 2.24) is 24.3 Å². The van der Waals surface area contributed by atoms with E-state index in [-0.39, 0.29) is 23.1 Å². The number of nitrogens with one attached hydrogen (secondary N) is 1. The second kappa shape index (κ2) is 8.87. The number of nitrogens with zero attached hydrogens (tertiary/aromatic N) is 4. The summed E-state index contributed by atoms with van der Waals surface area (Å²) >= 11 is 0. The van der Waals surface area contributed by atoms with Gasteiger partial charge in [-0.25, -0.2) is 13.4 Å². The van der Waals surface area contributed by atoms with E-state index in [1.54, 1.807) is 20.0 Å². The Hall–Kier alpha value is -2.98. The highest BCUT2D eigenvalue weighted by molar-refractivity contribution is 7.89. The largest absolute Gasteiger partial charge is 0.360 e. The van der Waals surface area contributed by atoms with E-state index in [4.69, 9.17) is 4.52 Å². The van der Waals surface area contributed by atoms with Gasteiger partial charge in [0, 0.05) is 32.5 Å². The first-order valence-corrected chi connectivity index (χ1v) is 12.0. The number of rotatable bonds is 6. The molecule has 1 saturated heterocycles. The van der Waals surface area contributed by atoms with Gasteiger partial charge in [-0.15, -0.1) is 0 Å². The molecule has 2 unspecified atom stereocenters. The van der Waals surface area contributed by atoms with Gasteiger partial charge in [-0.2, -0.15) is 4.31 Å². The smallest absolute Gasteiger partial charge is 0.248 e. The molecule has 1 aliphatic heterocycles. The molecule has 2 atom stereocenters. The summed E-state index contributed by atoms with van der Waals surface area (Å²) in [5.74, 6) is 0.305. The molecule has 2 aromatic heterocycles. The van der Waals surface area contributed by atoms with Crippen LogP contribution < -0.4 is 5.32 Å². The fourth-order valence-corrected chi connectivity index (χ4v) is 6.02. The fraction of sp³-hybridized carbons (Fsp3) is 0.409. The minimum absolute atomic E-state index is 0.0914. The van der Waals surface area contributed by atoms with Crippen molar-refractivity contribution >= 4 is 15.9 Å². The van der Waals surface area contributed by atoms with E-state index in [0.717, 1.165) is 5.56 Å². The van der Waals surface area contributed by atoms with Crippen molar-refractivity contribution in [1.29, 1.82) is 0 Å². The van der Waals surface area contributed by atoms with Gasteiger partial charge in [-0.3, -0.25) is 4.79 Å². The lowest BCUT2D eigenvalue weighted by Crippen LogP contribution is -2.46. The fourth-order valence-electron chi connectivity index (χ4n) is 4.20. The summed E-state index contributed by atoms with van der Waals surface area (Å²) in [6.45, 7) is 3.66. The number of benzene rings is 1. The van der Waals surface area contributed by atoms with E-state index in [9.17, 15) is 13.2 Å². The third kappa shape index (κ3) is 4.20. The van der Waals surface area contributed by atoms with E-state index in [2.05, 4.69) is 15.5 Å². The van der Waals surface area contributed by atoms with E-state index < -0.39 is 22.0 Å². The molecule has 0 aliphatic carbocycles. The monoisotopic (exact) mass is 457 g/mol. The minimum Gasteiger partial charge on any atom is -0.360 e. The molecule has 0 radical (unpaired) electrons. The van der Waals surface area contributed by atoms with Crippen LogP contribution in [0.3, 0.4) is 0 Å². The molecule has 1 N–H and O–H groups in total. The highest BCUT2D eigenvalue weighted by Crippen LogP contribution is 2.29. The SMILES string of the molecule is Cc1noc(C)c1S(=O)(=O)N1CCCC(C(=O)NC(c2ccccc2)c2nccn2C)C1. The average Bonchev–Trinajstić information content (AvgIpc) is 3.37. The zero-order valence-electron chi connectivity index (χ0n) is 18.4. The molecule has 0 spiro atoms. The summed E-state index contributed by atoms with van der Waals surface area (Å²) in [6, 6.07) is 9.19. The Balaban J connectivity index is 1.55. The van der Waals surface area contributed by atoms with Gasteiger partial charge >= 0.3 is 0 Å². The summed E-state index contributed by atoms with van der Waals surface area (Å²) < 4.78 is 34.7. The number of piperidine rings is 1. The maximum absolute atomic E-state index is 13.3. The quantitative estimate of drug-likeness (QED) is 0.608. The zero-order valence-corrected chi connectivity index (χ0v) is 19.2. The van der Waals surface area contributed by atoms with Gasteiger partial charge in [0.2, 0.25) is 15.9 Å². The molecule has 9 nitrogen and oxygen atoms in total. The minimum atomic E-state index is -3.80. The first-order chi connectivity index (χ1) is 15.3. The van der Waals surface area contributed by atoms with Crippen LogP contribution in [0.4, 0.5) is 0 Å². The van der Waals surface area contributed by atoms with E-state index in [1.807, 2.05) is 48.1 Å². The number of sulfonamides is 1. The predicted molar refractivity (Wildman–Crippen MR) is 117 cm³/mol. The molecule has 0 saturated carbocycles. The Morgan fingerprint density at radius 1 is 1.25 bits per heavy atom. The average molecular weight is 458 g/mol. The van der Waals surface area contributed by atoms with Gasteiger partial charge in [0.25, 0.3) is 0 Å². The molecule has 4 rings (SSSR count). The van der Waals surface area contributed by atoms with Crippen LogP contribution >= 0.6 is 0 Å². The normalized spacial score (nSPS) is 18.4. The standard InChI is InChI=1S/C22H27N5O4S/c1-15-20(16(2)31-25-15)32(29,30)27-12-7-10-18(14-27)22(28)24-19(17-8-5-4-6-9-17)21-23-11-13-26(21)3/h4-6,8-9,11,13,18-19H,7,10,12,14H2,1-3H3,(H,24,28). The highest BCUT2D eigenvalue weighted by Gasteiger charge is 2.37. The van der Waals surface area contributed by atoms with Gasteiger partial charge in [0.15, 0.2) is 5.76 Å². The topological polar surface area (TPSA) is 110 Å². The Morgan fingerprint density at radius 2 is 2.00 bits per heavy atom. The van der Waals surface area contributed by atoms with Crippen molar-refractivity contribution in [2.24, 2.45) is 13.0 Å². The molecule has 1 fully saturated rings. The first kappa shape index (κ1) is 22.2. The second-order valence-electron chi connectivity index (χ2n) is 8.10. The summed E-state index contributed by atoms with van der Waals surface area (Å²) in [5, 5.41) is 6.87. The number of aromatic nitrogens is 3. The molecule has 170 valence electrons. The second-order valence-corrected chi connectivity index (χ2v) is 9.98. The number of carbonyl (C=O) groups is 1. The Labute approximate surface area is 187 Å².